The van der Waals surface area contributed by atoms with Crippen LogP contribution in [0.25, 0.3) is 0 Å². The summed E-state index contributed by atoms with van der Waals surface area (Å²) in [7, 11) is 0. The van der Waals surface area contributed by atoms with Gasteiger partial charge in [0.25, 0.3) is 0 Å². The predicted octanol–water partition coefficient (Wildman–Crippen LogP) is -6.45. The van der Waals surface area contributed by atoms with E-state index in [0.717, 1.165) is 19.4 Å². The van der Waals surface area contributed by atoms with Gasteiger partial charge in [-0.25, -0.2) is 0 Å². The van der Waals surface area contributed by atoms with Crippen molar-refractivity contribution in [3.05, 3.63) is 0 Å². The molecule has 1 aliphatic heterocycles. The molecule has 58 valence electrons. The molecule has 12 heavy (non-hydrogen) atoms. The summed E-state index contributed by atoms with van der Waals surface area (Å²) in [6.45, 7) is 0.888. The first-order valence-corrected chi connectivity index (χ1v) is 2.16. The Bertz CT molecular complexity index is 79.5. The van der Waals surface area contributed by atoms with Gasteiger partial charge in [0.05, 0.1) is 0 Å². The van der Waals surface area contributed by atoms with E-state index >= 15 is 0 Å². The summed E-state index contributed by atoms with van der Waals surface area (Å²) >= 11 is 0. The average Bonchev–Trinajstić information content (AvgIpc) is 1.86. The van der Waals surface area contributed by atoms with Crippen molar-refractivity contribution in [1.82, 2.24) is 5.32 Å². The number of hydrogen-bond donors (Lipinski definition) is 1. The third-order valence-electron chi connectivity index (χ3n) is 0.903. The SMILES string of the molecule is O=C1CCCN1.[Li+].[Li+].[O-2].[O-2].[O-2].[Ti+4]. The minimum Gasteiger partial charge on any atom is -2.00 e. The van der Waals surface area contributed by atoms with E-state index in [1.54, 1.807) is 0 Å². The molecule has 0 saturated carbocycles. The number of hydrogen-bond acceptors (Lipinski definition) is 1. The van der Waals surface area contributed by atoms with E-state index < -0.39 is 0 Å². The fraction of sp³-hybridized carbons (Fsp3) is 0.750. The molecule has 1 saturated heterocycles. The molecule has 5 nitrogen and oxygen atoms in total. The molecule has 1 rings (SSSR count). The number of nitrogens with one attached hydrogen (secondary N) is 1. The van der Waals surface area contributed by atoms with Crippen LogP contribution in [0.2, 0.25) is 0 Å². The van der Waals surface area contributed by atoms with Gasteiger partial charge in [0, 0.05) is 13.0 Å². The maximum absolute atomic E-state index is 10.1. The number of carbonyl (C=O) groups is 1. The maximum Gasteiger partial charge on any atom is 4.00 e. The summed E-state index contributed by atoms with van der Waals surface area (Å²) in [6.07, 6.45) is 1.76. The Balaban J connectivity index is -0.0000000150. The monoisotopic (exact) mass is 195 g/mol. The van der Waals surface area contributed by atoms with Crippen LogP contribution < -0.4 is 43.0 Å². The Kier molecular flexibility index (Phi) is 71.8. The van der Waals surface area contributed by atoms with E-state index in [2.05, 4.69) is 5.32 Å². The topological polar surface area (TPSA) is 115 Å². The second-order valence-electron chi connectivity index (χ2n) is 1.45. The first-order chi connectivity index (χ1) is 2.89. The smallest absolute Gasteiger partial charge is 2.00 e. The Labute approximate surface area is 111 Å². The van der Waals surface area contributed by atoms with Gasteiger partial charge in [-0.2, -0.15) is 0 Å². The molecule has 1 fully saturated rings. The van der Waals surface area contributed by atoms with Crippen molar-refractivity contribution in [2.24, 2.45) is 0 Å². The molecule has 0 aromatic rings. The zero-order chi connectivity index (χ0) is 4.41. The minimum atomic E-state index is 0. The maximum atomic E-state index is 10.1. The van der Waals surface area contributed by atoms with Gasteiger partial charge in [-0.05, 0) is 6.42 Å². The largest absolute Gasteiger partial charge is 4.00 e. The van der Waals surface area contributed by atoms with Crippen LogP contribution in [-0.4, -0.2) is 12.5 Å². The molecule has 1 amide bonds. The van der Waals surface area contributed by atoms with E-state index in [1.807, 2.05) is 0 Å². The van der Waals surface area contributed by atoms with Crippen LogP contribution in [0, 0.1) is 0 Å². The van der Waals surface area contributed by atoms with Gasteiger partial charge in [0.15, 0.2) is 0 Å². The first-order valence-electron chi connectivity index (χ1n) is 2.16. The van der Waals surface area contributed by atoms with E-state index in [-0.39, 0.29) is 81.8 Å². The molecule has 0 aliphatic carbocycles. The molecule has 1 heterocycles. The predicted molar refractivity (Wildman–Crippen MR) is 24.3 cm³/mol. The normalized spacial score (nSPS) is 10.5. The summed E-state index contributed by atoms with van der Waals surface area (Å²) < 4.78 is 0. The van der Waals surface area contributed by atoms with Crippen molar-refractivity contribution in [3.63, 3.8) is 0 Å². The van der Waals surface area contributed by atoms with Crippen LogP contribution in [0.15, 0.2) is 0 Å². The van der Waals surface area contributed by atoms with Gasteiger partial charge in [-0.1, -0.05) is 0 Å². The Morgan fingerprint density at radius 3 is 1.58 bits per heavy atom. The van der Waals surface area contributed by atoms with Crippen molar-refractivity contribution < 1.29 is 80.7 Å². The third-order valence-corrected chi connectivity index (χ3v) is 0.903. The van der Waals surface area contributed by atoms with E-state index in [9.17, 15) is 4.79 Å². The molecule has 0 radical (unpaired) electrons. The Morgan fingerprint density at radius 2 is 1.50 bits per heavy atom. The van der Waals surface area contributed by atoms with Gasteiger partial charge >= 0.3 is 59.4 Å². The molecule has 0 unspecified atom stereocenters. The molecule has 0 bridgehead atoms. The second-order valence-corrected chi connectivity index (χ2v) is 1.45. The molecule has 1 N–H and O–H groups in total. The number of amides is 1. The summed E-state index contributed by atoms with van der Waals surface area (Å²) in [6, 6.07) is 0. The zero-order valence-electron chi connectivity index (χ0n) is 7.25. The summed E-state index contributed by atoms with van der Waals surface area (Å²) in [5.41, 5.74) is 0. The van der Waals surface area contributed by atoms with E-state index in [0.29, 0.717) is 0 Å². The minimum absolute atomic E-state index is 0. The van der Waals surface area contributed by atoms with Gasteiger partial charge in [0.2, 0.25) is 5.91 Å². The van der Waals surface area contributed by atoms with Crippen LogP contribution in [-0.2, 0) is 42.9 Å². The average molecular weight is 195 g/mol. The van der Waals surface area contributed by atoms with Crippen molar-refractivity contribution in [2.45, 2.75) is 12.8 Å². The van der Waals surface area contributed by atoms with Gasteiger partial charge < -0.3 is 21.7 Å². The molecule has 0 aromatic heterocycles. The summed E-state index contributed by atoms with van der Waals surface area (Å²) in [5.74, 6) is 0.204. The van der Waals surface area contributed by atoms with Gasteiger partial charge in [0.1, 0.15) is 0 Å². The molecule has 1 aliphatic rings. The van der Waals surface area contributed by atoms with E-state index in [4.69, 9.17) is 0 Å². The zero-order valence-corrected chi connectivity index (χ0v) is 8.82. The summed E-state index contributed by atoms with van der Waals surface area (Å²) in [5, 5.41) is 2.68. The molecule has 0 atom stereocenters. The first kappa shape index (κ1) is 37.8. The van der Waals surface area contributed by atoms with Crippen LogP contribution in [0.3, 0.4) is 0 Å². The number of rotatable bonds is 0. The second kappa shape index (κ2) is 22.8. The Hall–Kier alpha value is 1.26. The third kappa shape index (κ3) is 17.4. The van der Waals surface area contributed by atoms with Crippen molar-refractivity contribution >= 4 is 5.91 Å². The standard InChI is InChI=1S/C4H7NO.2Li.3O.Ti/c6-4-2-1-3-5-4;;;;;;/h1-3H2,(H,5,6);;;;;;/q;2*+1;3*-2;+4. The van der Waals surface area contributed by atoms with Crippen LogP contribution >= 0.6 is 0 Å². The summed E-state index contributed by atoms with van der Waals surface area (Å²) in [4.78, 5) is 10.1. The fourth-order valence-electron chi connectivity index (χ4n) is 0.565. The number of carbonyl (C=O) groups excluding carboxylic acids is 1. The molecule has 0 spiro atoms. The van der Waals surface area contributed by atoms with Gasteiger partial charge in [-0.3, -0.25) is 4.79 Å². The van der Waals surface area contributed by atoms with Crippen molar-refractivity contribution in [3.8, 4) is 0 Å². The van der Waals surface area contributed by atoms with Crippen LogP contribution in [0.5, 0.6) is 0 Å². The fourth-order valence-corrected chi connectivity index (χ4v) is 0.565. The molecule has 8 heteroatoms. The molecular formula is C4H7Li2NO4Ti. The van der Waals surface area contributed by atoms with Crippen molar-refractivity contribution in [1.29, 1.82) is 0 Å². The van der Waals surface area contributed by atoms with Gasteiger partial charge in [-0.15, -0.1) is 0 Å². The molecule has 0 aromatic carbocycles. The van der Waals surface area contributed by atoms with Crippen LogP contribution in [0.4, 0.5) is 0 Å². The van der Waals surface area contributed by atoms with E-state index in [1.165, 1.54) is 0 Å². The Morgan fingerprint density at radius 1 is 1.08 bits per heavy atom. The van der Waals surface area contributed by atoms with Crippen molar-refractivity contribution in [2.75, 3.05) is 6.54 Å². The quantitative estimate of drug-likeness (QED) is 0.380. The molecular weight excluding hydrogens is 188 g/mol. The van der Waals surface area contributed by atoms with Crippen LogP contribution in [0.1, 0.15) is 12.8 Å².